The van der Waals surface area contributed by atoms with Crippen molar-refractivity contribution in [3.8, 4) is 0 Å². The summed E-state index contributed by atoms with van der Waals surface area (Å²) in [6, 6.07) is 7.41. The highest BCUT2D eigenvalue weighted by Crippen LogP contribution is 2.29. The van der Waals surface area contributed by atoms with Crippen molar-refractivity contribution >= 4 is 0 Å². The topological polar surface area (TPSA) is 24.9 Å². The molecule has 0 aliphatic carbocycles. The summed E-state index contributed by atoms with van der Waals surface area (Å²) in [4.78, 5) is 4.35. The SMILES string of the molecule is CCCNC(c1cccnc1C)c1c(C)cc(C)cc1F. The second-order valence-corrected chi connectivity index (χ2v) is 5.54. The van der Waals surface area contributed by atoms with Gasteiger partial charge in [0.1, 0.15) is 5.82 Å². The van der Waals surface area contributed by atoms with E-state index in [1.165, 1.54) is 0 Å². The second-order valence-electron chi connectivity index (χ2n) is 5.54. The van der Waals surface area contributed by atoms with E-state index in [1.807, 2.05) is 39.0 Å². The van der Waals surface area contributed by atoms with Crippen LogP contribution in [0.5, 0.6) is 0 Å². The zero-order valence-corrected chi connectivity index (χ0v) is 13.2. The van der Waals surface area contributed by atoms with Crippen molar-refractivity contribution in [1.29, 1.82) is 0 Å². The summed E-state index contributed by atoms with van der Waals surface area (Å²) in [6.45, 7) is 8.81. The fourth-order valence-corrected chi connectivity index (χ4v) is 2.75. The molecule has 1 atom stereocenters. The summed E-state index contributed by atoms with van der Waals surface area (Å²) < 4.78 is 14.5. The van der Waals surface area contributed by atoms with E-state index in [0.717, 1.165) is 40.9 Å². The van der Waals surface area contributed by atoms with Crippen molar-refractivity contribution < 1.29 is 4.39 Å². The molecule has 2 nitrogen and oxygen atoms in total. The molecule has 2 aromatic rings. The molecule has 1 unspecified atom stereocenters. The van der Waals surface area contributed by atoms with E-state index in [0.29, 0.717) is 0 Å². The number of halogens is 1. The van der Waals surface area contributed by atoms with Gasteiger partial charge in [0.2, 0.25) is 0 Å². The van der Waals surface area contributed by atoms with Crippen LogP contribution in [0.4, 0.5) is 4.39 Å². The van der Waals surface area contributed by atoms with Gasteiger partial charge in [-0.15, -0.1) is 0 Å². The molecule has 21 heavy (non-hydrogen) atoms. The summed E-state index contributed by atoms with van der Waals surface area (Å²) in [6.07, 6.45) is 2.77. The lowest BCUT2D eigenvalue weighted by Crippen LogP contribution is -2.26. The zero-order chi connectivity index (χ0) is 15.4. The van der Waals surface area contributed by atoms with Gasteiger partial charge < -0.3 is 5.32 Å². The molecule has 1 N–H and O–H groups in total. The van der Waals surface area contributed by atoms with E-state index in [-0.39, 0.29) is 11.9 Å². The Hall–Kier alpha value is -1.74. The van der Waals surface area contributed by atoms with Crippen molar-refractivity contribution in [2.75, 3.05) is 6.54 Å². The molecule has 1 aromatic heterocycles. The monoisotopic (exact) mass is 286 g/mol. The highest BCUT2D eigenvalue weighted by atomic mass is 19.1. The molecule has 0 saturated carbocycles. The Labute approximate surface area is 126 Å². The van der Waals surface area contributed by atoms with Gasteiger partial charge in [0, 0.05) is 17.5 Å². The van der Waals surface area contributed by atoms with Crippen LogP contribution in [0.25, 0.3) is 0 Å². The number of pyridine rings is 1. The smallest absolute Gasteiger partial charge is 0.128 e. The van der Waals surface area contributed by atoms with E-state index < -0.39 is 0 Å². The predicted octanol–water partition coefficient (Wildman–Crippen LogP) is 4.23. The van der Waals surface area contributed by atoms with Gasteiger partial charge in [0.25, 0.3) is 0 Å². The Morgan fingerprint density at radius 2 is 2.00 bits per heavy atom. The number of aryl methyl sites for hydroxylation is 3. The summed E-state index contributed by atoms with van der Waals surface area (Å²) in [5, 5.41) is 3.46. The van der Waals surface area contributed by atoms with Crippen molar-refractivity contribution in [2.45, 2.75) is 40.2 Å². The standard InChI is InChI=1S/C18H23FN2/c1-5-8-21-18(15-7-6-9-20-14(15)4)17-13(3)10-12(2)11-16(17)19/h6-7,9-11,18,21H,5,8H2,1-4H3. The van der Waals surface area contributed by atoms with Crippen LogP contribution < -0.4 is 5.32 Å². The third kappa shape index (κ3) is 3.48. The summed E-state index contributed by atoms with van der Waals surface area (Å²) in [5.74, 6) is -0.149. The maximum absolute atomic E-state index is 14.5. The number of rotatable bonds is 5. The molecule has 1 aromatic carbocycles. The van der Waals surface area contributed by atoms with Gasteiger partial charge >= 0.3 is 0 Å². The summed E-state index contributed by atoms with van der Waals surface area (Å²) >= 11 is 0. The molecule has 0 spiro atoms. The molecule has 0 aliphatic heterocycles. The molecule has 0 aliphatic rings. The Balaban J connectivity index is 2.54. The number of hydrogen-bond donors (Lipinski definition) is 1. The minimum absolute atomic E-state index is 0.149. The average Bonchev–Trinajstić information content (AvgIpc) is 2.42. The van der Waals surface area contributed by atoms with Crippen LogP contribution in [0.3, 0.4) is 0 Å². The normalized spacial score (nSPS) is 12.4. The van der Waals surface area contributed by atoms with E-state index in [2.05, 4.69) is 17.2 Å². The first-order chi connectivity index (χ1) is 10.0. The molecule has 0 amide bonds. The lowest BCUT2D eigenvalue weighted by molar-refractivity contribution is 0.540. The minimum Gasteiger partial charge on any atom is -0.306 e. The number of nitrogens with one attached hydrogen (secondary N) is 1. The second kappa shape index (κ2) is 6.81. The minimum atomic E-state index is -0.153. The molecular weight excluding hydrogens is 263 g/mol. The van der Waals surface area contributed by atoms with Gasteiger partial charge in [-0.1, -0.05) is 19.1 Å². The lowest BCUT2D eigenvalue weighted by Gasteiger charge is -2.23. The van der Waals surface area contributed by atoms with Crippen molar-refractivity contribution in [3.05, 3.63) is 64.2 Å². The first kappa shape index (κ1) is 15.6. The molecule has 2 rings (SSSR count). The zero-order valence-electron chi connectivity index (χ0n) is 13.2. The largest absolute Gasteiger partial charge is 0.306 e. The van der Waals surface area contributed by atoms with Gasteiger partial charge in [-0.2, -0.15) is 0 Å². The van der Waals surface area contributed by atoms with Crippen molar-refractivity contribution in [3.63, 3.8) is 0 Å². The summed E-state index contributed by atoms with van der Waals surface area (Å²) in [5.41, 5.74) is 4.63. The summed E-state index contributed by atoms with van der Waals surface area (Å²) in [7, 11) is 0. The van der Waals surface area contributed by atoms with Gasteiger partial charge in [-0.3, -0.25) is 4.98 Å². The van der Waals surface area contributed by atoms with Gasteiger partial charge in [-0.25, -0.2) is 4.39 Å². The third-order valence-corrected chi connectivity index (χ3v) is 3.73. The first-order valence-electron chi connectivity index (χ1n) is 7.46. The Morgan fingerprint density at radius 3 is 2.62 bits per heavy atom. The van der Waals surface area contributed by atoms with Crippen molar-refractivity contribution in [2.24, 2.45) is 0 Å². The molecule has 0 bridgehead atoms. The van der Waals surface area contributed by atoms with E-state index in [9.17, 15) is 4.39 Å². The van der Waals surface area contributed by atoms with Crippen LogP contribution >= 0.6 is 0 Å². The van der Waals surface area contributed by atoms with Crippen molar-refractivity contribution in [1.82, 2.24) is 10.3 Å². The van der Waals surface area contributed by atoms with Crippen LogP contribution in [0.1, 0.15) is 47.3 Å². The van der Waals surface area contributed by atoms with E-state index >= 15 is 0 Å². The quantitative estimate of drug-likeness (QED) is 0.889. The molecule has 1 heterocycles. The predicted molar refractivity (Wildman–Crippen MR) is 85.0 cm³/mol. The van der Waals surface area contributed by atoms with Crippen LogP contribution in [-0.2, 0) is 0 Å². The van der Waals surface area contributed by atoms with E-state index in [4.69, 9.17) is 0 Å². The lowest BCUT2D eigenvalue weighted by atomic mass is 9.92. The van der Waals surface area contributed by atoms with Crippen LogP contribution in [0, 0.1) is 26.6 Å². The molecule has 0 radical (unpaired) electrons. The van der Waals surface area contributed by atoms with Gasteiger partial charge in [0.05, 0.1) is 6.04 Å². The van der Waals surface area contributed by atoms with Gasteiger partial charge in [-0.05, 0) is 62.6 Å². The fraction of sp³-hybridized carbons (Fsp3) is 0.389. The number of nitrogens with zero attached hydrogens (tertiary/aromatic N) is 1. The number of aromatic nitrogens is 1. The highest BCUT2D eigenvalue weighted by Gasteiger charge is 2.21. The molecular formula is C18H23FN2. The average molecular weight is 286 g/mol. The molecule has 112 valence electrons. The molecule has 0 fully saturated rings. The fourth-order valence-electron chi connectivity index (χ4n) is 2.75. The Morgan fingerprint density at radius 1 is 1.24 bits per heavy atom. The third-order valence-electron chi connectivity index (χ3n) is 3.73. The first-order valence-corrected chi connectivity index (χ1v) is 7.46. The molecule has 0 saturated heterocycles. The molecule has 3 heteroatoms. The Kier molecular flexibility index (Phi) is 5.07. The highest BCUT2D eigenvalue weighted by molar-refractivity contribution is 5.41. The van der Waals surface area contributed by atoms with Crippen LogP contribution in [-0.4, -0.2) is 11.5 Å². The number of hydrogen-bond acceptors (Lipinski definition) is 2. The Bertz CT molecular complexity index is 599. The maximum atomic E-state index is 14.5. The van der Waals surface area contributed by atoms with E-state index in [1.54, 1.807) is 12.3 Å². The van der Waals surface area contributed by atoms with Crippen LogP contribution in [0.15, 0.2) is 30.5 Å². The van der Waals surface area contributed by atoms with Crippen LogP contribution in [0.2, 0.25) is 0 Å². The number of benzene rings is 1. The van der Waals surface area contributed by atoms with Gasteiger partial charge in [0.15, 0.2) is 0 Å². The maximum Gasteiger partial charge on any atom is 0.128 e.